The van der Waals surface area contributed by atoms with Crippen LogP contribution in [0, 0.1) is 0 Å². The number of nitrogens with one attached hydrogen (secondary N) is 1. The summed E-state index contributed by atoms with van der Waals surface area (Å²) in [6.07, 6.45) is 2.05. The van der Waals surface area contributed by atoms with Crippen LogP contribution < -0.4 is 11.1 Å². The monoisotopic (exact) mass is 355 g/mol. The van der Waals surface area contributed by atoms with Crippen LogP contribution in [0.25, 0.3) is 10.9 Å². The number of hydrogen-bond donors (Lipinski definition) is 3. The highest BCUT2D eigenvalue weighted by Crippen LogP contribution is 2.38. The molecule has 0 bridgehead atoms. The highest BCUT2D eigenvalue weighted by atomic mass is 32.2. The van der Waals surface area contributed by atoms with E-state index in [0.29, 0.717) is 29.2 Å². The van der Waals surface area contributed by atoms with Gasteiger partial charge in [0.25, 0.3) is 0 Å². The molecule has 0 atom stereocenters. The molecule has 3 aromatic rings. The van der Waals surface area contributed by atoms with Crippen molar-refractivity contribution < 1.29 is 13.5 Å². The van der Waals surface area contributed by atoms with Crippen LogP contribution in [0.1, 0.15) is 11.1 Å². The molecule has 7 heteroatoms. The van der Waals surface area contributed by atoms with Crippen molar-refractivity contribution in [1.29, 1.82) is 0 Å². The number of rotatable bonds is 3. The van der Waals surface area contributed by atoms with Gasteiger partial charge in [-0.1, -0.05) is 12.1 Å². The number of aromatic nitrogens is 1. The van der Waals surface area contributed by atoms with E-state index in [1.807, 2.05) is 12.1 Å². The summed E-state index contributed by atoms with van der Waals surface area (Å²) in [6, 6.07) is 10.2. The molecular weight excluding hydrogens is 338 g/mol. The van der Waals surface area contributed by atoms with Crippen molar-refractivity contribution in [3.8, 4) is 5.75 Å². The van der Waals surface area contributed by atoms with Crippen molar-refractivity contribution in [2.24, 2.45) is 0 Å². The number of aryl methyl sites for hydroxylation is 1. The average molecular weight is 355 g/mol. The SMILES string of the molecule is Nc1cnc2ccc3c(c2c1NCc1ccc(O)cc1)CCS3(=O)=O. The number of aromatic hydroxyl groups is 1. The number of anilines is 2. The number of nitrogen functional groups attached to an aromatic ring is 1. The average Bonchev–Trinajstić information content (AvgIpc) is 2.91. The van der Waals surface area contributed by atoms with Gasteiger partial charge in [0, 0.05) is 11.9 Å². The molecule has 0 unspecified atom stereocenters. The first-order chi connectivity index (χ1) is 12.0. The third-order valence-electron chi connectivity index (χ3n) is 4.49. The number of nitrogens with two attached hydrogens (primary N) is 1. The number of fused-ring (bicyclic) bond motifs is 3. The first-order valence-electron chi connectivity index (χ1n) is 7.90. The van der Waals surface area contributed by atoms with E-state index in [1.54, 1.807) is 30.5 Å². The van der Waals surface area contributed by atoms with Crippen LogP contribution in [0.4, 0.5) is 11.4 Å². The van der Waals surface area contributed by atoms with Crippen LogP contribution in [0.15, 0.2) is 47.5 Å². The van der Waals surface area contributed by atoms with Gasteiger partial charge in [0.15, 0.2) is 9.84 Å². The Morgan fingerprint density at radius 2 is 1.92 bits per heavy atom. The fourth-order valence-corrected chi connectivity index (χ4v) is 4.78. The molecule has 4 rings (SSSR count). The highest BCUT2D eigenvalue weighted by molar-refractivity contribution is 7.91. The van der Waals surface area contributed by atoms with Crippen LogP contribution in [-0.4, -0.2) is 24.3 Å². The minimum atomic E-state index is -3.22. The zero-order valence-corrected chi connectivity index (χ0v) is 14.2. The van der Waals surface area contributed by atoms with E-state index in [4.69, 9.17) is 5.73 Å². The van der Waals surface area contributed by atoms with Gasteiger partial charge in [0.2, 0.25) is 0 Å². The Kier molecular flexibility index (Phi) is 3.54. The van der Waals surface area contributed by atoms with Crippen LogP contribution in [0.3, 0.4) is 0 Å². The smallest absolute Gasteiger partial charge is 0.179 e. The van der Waals surface area contributed by atoms with Gasteiger partial charge >= 0.3 is 0 Å². The van der Waals surface area contributed by atoms with Gasteiger partial charge in [-0.3, -0.25) is 4.98 Å². The Morgan fingerprint density at radius 1 is 1.16 bits per heavy atom. The molecule has 0 saturated heterocycles. The molecule has 0 aliphatic carbocycles. The van der Waals surface area contributed by atoms with Crippen LogP contribution >= 0.6 is 0 Å². The maximum Gasteiger partial charge on any atom is 0.179 e. The number of phenols is 1. The summed E-state index contributed by atoms with van der Waals surface area (Å²) in [7, 11) is -3.22. The van der Waals surface area contributed by atoms with Gasteiger partial charge in [-0.25, -0.2) is 8.42 Å². The molecule has 1 aliphatic rings. The van der Waals surface area contributed by atoms with E-state index in [2.05, 4.69) is 10.3 Å². The van der Waals surface area contributed by atoms with Crippen LogP contribution in [0.2, 0.25) is 0 Å². The van der Waals surface area contributed by atoms with Crippen molar-refractivity contribution in [2.75, 3.05) is 16.8 Å². The molecule has 2 aromatic carbocycles. The van der Waals surface area contributed by atoms with E-state index in [0.717, 1.165) is 22.0 Å². The maximum absolute atomic E-state index is 12.2. The Bertz CT molecular complexity index is 1080. The predicted octanol–water partition coefficient (Wildman–Crippen LogP) is 2.46. The van der Waals surface area contributed by atoms with Crippen molar-refractivity contribution in [3.05, 3.63) is 53.7 Å². The van der Waals surface area contributed by atoms with Crippen molar-refractivity contribution >= 4 is 32.1 Å². The molecular formula is C18H17N3O3S. The zero-order chi connectivity index (χ0) is 17.6. The Labute approximate surface area is 145 Å². The molecule has 0 radical (unpaired) electrons. The second-order valence-corrected chi connectivity index (χ2v) is 8.19. The minimum Gasteiger partial charge on any atom is -0.508 e. The molecule has 1 aliphatic heterocycles. The standard InChI is InChI=1S/C18H17N3O3S/c19-14-10-20-15-5-6-16-13(7-8-25(16,23)24)17(15)18(14)21-9-11-1-3-12(22)4-2-11/h1-6,10,22H,7-9,19H2,(H,20,21). The topological polar surface area (TPSA) is 105 Å². The number of sulfone groups is 1. The predicted molar refractivity (Wildman–Crippen MR) is 97.3 cm³/mol. The summed E-state index contributed by atoms with van der Waals surface area (Å²) in [5, 5.41) is 13.5. The van der Waals surface area contributed by atoms with Crippen molar-refractivity contribution in [1.82, 2.24) is 4.98 Å². The summed E-state index contributed by atoms with van der Waals surface area (Å²) >= 11 is 0. The largest absolute Gasteiger partial charge is 0.508 e. The molecule has 4 N–H and O–H groups in total. The number of pyridine rings is 1. The molecule has 25 heavy (non-hydrogen) atoms. The summed E-state index contributed by atoms with van der Waals surface area (Å²) in [5.74, 6) is 0.328. The molecule has 0 saturated carbocycles. The van der Waals surface area contributed by atoms with Crippen LogP contribution in [-0.2, 0) is 22.8 Å². The van der Waals surface area contributed by atoms with E-state index >= 15 is 0 Å². The minimum absolute atomic E-state index is 0.119. The van der Waals surface area contributed by atoms with Gasteiger partial charge in [-0.15, -0.1) is 0 Å². The normalized spacial score (nSPS) is 15.2. The van der Waals surface area contributed by atoms with Gasteiger partial charge in [-0.05, 0) is 41.8 Å². The lowest BCUT2D eigenvalue weighted by Crippen LogP contribution is -2.05. The first-order valence-corrected chi connectivity index (χ1v) is 9.55. The van der Waals surface area contributed by atoms with E-state index in [-0.39, 0.29) is 11.5 Å². The zero-order valence-electron chi connectivity index (χ0n) is 13.4. The second kappa shape index (κ2) is 5.63. The van der Waals surface area contributed by atoms with Gasteiger partial charge < -0.3 is 16.2 Å². The Hall–Kier alpha value is -2.80. The fraction of sp³-hybridized carbons (Fsp3) is 0.167. The molecule has 2 heterocycles. The van der Waals surface area contributed by atoms with Gasteiger partial charge in [0.05, 0.1) is 33.7 Å². The summed E-state index contributed by atoms with van der Waals surface area (Å²) in [6.45, 7) is 0.500. The lowest BCUT2D eigenvalue weighted by atomic mass is 10.0. The van der Waals surface area contributed by atoms with Crippen LogP contribution in [0.5, 0.6) is 5.75 Å². The lowest BCUT2D eigenvalue weighted by Gasteiger charge is -2.15. The Balaban J connectivity index is 1.81. The fourth-order valence-electron chi connectivity index (χ4n) is 3.23. The molecule has 0 spiro atoms. The third-order valence-corrected chi connectivity index (χ3v) is 6.28. The van der Waals surface area contributed by atoms with Gasteiger partial charge in [0.1, 0.15) is 5.75 Å². The number of benzene rings is 2. The van der Waals surface area contributed by atoms with Gasteiger partial charge in [-0.2, -0.15) is 0 Å². The molecule has 1 aromatic heterocycles. The second-order valence-electron chi connectivity index (χ2n) is 6.11. The molecule has 0 amide bonds. The third kappa shape index (κ3) is 2.66. The molecule has 6 nitrogen and oxygen atoms in total. The summed E-state index contributed by atoms with van der Waals surface area (Å²) < 4.78 is 24.4. The van der Waals surface area contributed by atoms with E-state index in [1.165, 1.54) is 0 Å². The number of nitrogens with zero attached hydrogens (tertiary/aromatic N) is 1. The summed E-state index contributed by atoms with van der Waals surface area (Å²) in [4.78, 5) is 4.72. The summed E-state index contributed by atoms with van der Waals surface area (Å²) in [5.41, 5.74) is 9.78. The number of hydrogen-bond acceptors (Lipinski definition) is 6. The first kappa shape index (κ1) is 15.7. The molecule has 128 valence electrons. The lowest BCUT2D eigenvalue weighted by molar-refractivity contribution is 0.475. The number of phenolic OH excluding ortho intramolecular Hbond substituents is 1. The van der Waals surface area contributed by atoms with E-state index in [9.17, 15) is 13.5 Å². The van der Waals surface area contributed by atoms with Crippen molar-refractivity contribution in [2.45, 2.75) is 17.9 Å². The highest BCUT2D eigenvalue weighted by Gasteiger charge is 2.29. The maximum atomic E-state index is 12.2. The van der Waals surface area contributed by atoms with E-state index < -0.39 is 9.84 Å². The quantitative estimate of drug-likeness (QED) is 0.666. The van der Waals surface area contributed by atoms with Crippen molar-refractivity contribution in [3.63, 3.8) is 0 Å². The molecule has 0 fully saturated rings. The Morgan fingerprint density at radius 3 is 2.68 bits per heavy atom.